The third-order valence-electron chi connectivity index (χ3n) is 3.52. The molecule has 1 saturated carbocycles. The lowest BCUT2D eigenvalue weighted by Gasteiger charge is -2.37. The van der Waals surface area contributed by atoms with Gasteiger partial charge in [-0.3, -0.25) is 4.79 Å². The summed E-state index contributed by atoms with van der Waals surface area (Å²) in [7, 11) is 0. The molecule has 0 aromatic carbocycles. The Labute approximate surface area is 128 Å². The van der Waals surface area contributed by atoms with Crippen LogP contribution in [0.3, 0.4) is 0 Å². The molecule has 0 unspecified atom stereocenters. The van der Waals surface area contributed by atoms with E-state index in [1.807, 2.05) is 0 Å². The summed E-state index contributed by atoms with van der Waals surface area (Å²) in [6.07, 6.45) is -1.78. The standard InChI is InChI=1S/C12H16F3N5OS/c13-12(14,15)8(21)20-11(4-2-1-3-5-11)7-6-22-10(18-7)19-9(16)17/h6H,1-5H2,(H,20,21)(H4,16,17,18,19). The summed E-state index contributed by atoms with van der Waals surface area (Å²) in [5, 5.41) is 3.96. The van der Waals surface area contributed by atoms with Crippen molar-refractivity contribution in [1.82, 2.24) is 10.3 Å². The third-order valence-corrected chi connectivity index (χ3v) is 4.26. The Morgan fingerprint density at radius 2 is 1.95 bits per heavy atom. The van der Waals surface area contributed by atoms with Crippen LogP contribution in [0.25, 0.3) is 0 Å². The first-order chi connectivity index (χ1) is 10.2. The molecule has 1 heterocycles. The lowest BCUT2D eigenvalue weighted by Crippen LogP contribution is -2.51. The van der Waals surface area contributed by atoms with E-state index in [0.717, 1.165) is 17.8 Å². The fourth-order valence-corrected chi connectivity index (χ4v) is 3.34. The number of alkyl halides is 3. The molecule has 122 valence electrons. The van der Waals surface area contributed by atoms with Crippen molar-refractivity contribution in [1.29, 1.82) is 0 Å². The largest absolute Gasteiger partial charge is 0.471 e. The van der Waals surface area contributed by atoms with Crippen LogP contribution in [0.2, 0.25) is 0 Å². The van der Waals surface area contributed by atoms with E-state index in [-0.39, 0.29) is 11.1 Å². The van der Waals surface area contributed by atoms with Crippen molar-refractivity contribution in [3.63, 3.8) is 0 Å². The number of nitrogens with one attached hydrogen (secondary N) is 1. The molecular formula is C12H16F3N5OS. The number of guanidine groups is 1. The summed E-state index contributed by atoms with van der Waals surface area (Å²) in [6, 6.07) is 0. The predicted octanol–water partition coefficient (Wildman–Crippen LogP) is 1.89. The Kier molecular flexibility index (Phi) is 4.59. The number of hydrogen-bond acceptors (Lipinski definition) is 4. The Morgan fingerprint density at radius 1 is 1.32 bits per heavy atom. The fraction of sp³-hybridized carbons (Fsp3) is 0.583. The number of rotatable bonds is 3. The minimum absolute atomic E-state index is 0.182. The lowest BCUT2D eigenvalue weighted by molar-refractivity contribution is -0.176. The molecule has 1 aromatic heterocycles. The van der Waals surface area contributed by atoms with Crippen molar-refractivity contribution in [3.05, 3.63) is 11.1 Å². The van der Waals surface area contributed by atoms with Crippen molar-refractivity contribution >= 4 is 28.3 Å². The van der Waals surface area contributed by atoms with E-state index in [9.17, 15) is 18.0 Å². The molecule has 1 amide bonds. The van der Waals surface area contributed by atoms with Gasteiger partial charge in [-0.1, -0.05) is 19.3 Å². The molecule has 0 spiro atoms. The maximum atomic E-state index is 12.6. The number of aromatic nitrogens is 1. The fourth-order valence-electron chi connectivity index (χ4n) is 2.53. The van der Waals surface area contributed by atoms with Gasteiger partial charge in [-0.2, -0.15) is 18.2 Å². The molecule has 1 fully saturated rings. The SMILES string of the molecule is NC(N)=Nc1nc(C2(NC(=O)C(F)(F)F)CCCCC2)cs1. The Morgan fingerprint density at radius 3 is 2.50 bits per heavy atom. The first-order valence-electron chi connectivity index (χ1n) is 6.68. The summed E-state index contributed by atoms with van der Waals surface area (Å²) in [5.74, 6) is -2.14. The number of nitrogens with two attached hydrogens (primary N) is 2. The highest BCUT2D eigenvalue weighted by atomic mass is 32.1. The van der Waals surface area contributed by atoms with Crippen molar-refractivity contribution < 1.29 is 18.0 Å². The van der Waals surface area contributed by atoms with Gasteiger partial charge in [0.15, 0.2) is 5.96 Å². The van der Waals surface area contributed by atoms with E-state index < -0.39 is 17.6 Å². The summed E-state index contributed by atoms with van der Waals surface area (Å²) < 4.78 is 37.7. The maximum absolute atomic E-state index is 12.6. The van der Waals surface area contributed by atoms with Gasteiger partial charge in [0, 0.05) is 5.38 Å². The number of thiazole rings is 1. The molecule has 0 atom stereocenters. The quantitative estimate of drug-likeness (QED) is 0.579. The number of hydrogen-bond donors (Lipinski definition) is 3. The van der Waals surface area contributed by atoms with Gasteiger partial charge < -0.3 is 16.8 Å². The van der Waals surface area contributed by atoms with Gasteiger partial charge in [0.25, 0.3) is 0 Å². The summed E-state index contributed by atoms with van der Waals surface area (Å²) in [5.41, 5.74) is 9.78. The number of amides is 1. The summed E-state index contributed by atoms with van der Waals surface area (Å²) >= 11 is 1.11. The molecule has 0 bridgehead atoms. The second-order valence-corrected chi connectivity index (χ2v) is 5.98. The first kappa shape index (κ1) is 16.5. The summed E-state index contributed by atoms with van der Waals surface area (Å²) in [4.78, 5) is 19.3. The molecule has 1 aliphatic rings. The van der Waals surface area contributed by atoms with Crippen molar-refractivity contribution in [2.24, 2.45) is 16.5 Å². The predicted molar refractivity (Wildman–Crippen MR) is 76.5 cm³/mol. The average molecular weight is 335 g/mol. The molecular weight excluding hydrogens is 319 g/mol. The minimum Gasteiger partial charge on any atom is -0.370 e. The van der Waals surface area contributed by atoms with E-state index in [1.165, 1.54) is 0 Å². The van der Waals surface area contributed by atoms with E-state index >= 15 is 0 Å². The van der Waals surface area contributed by atoms with Crippen LogP contribution in [0.4, 0.5) is 18.3 Å². The zero-order valence-electron chi connectivity index (χ0n) is 11.6. The van der Waals surface area contributed by atoms with E-state index in [2.05, 4.69) is 15.3 Å². The minimum atomic E-state index is -4.93. The molecule has 5 N–H and O–H groups in total. The van der Waals surface area contributed by atoms with Gasteiger partial charge in [-0.25, -0.2) is 4.98 Å². The number of nitrogens with zero attached hydrogens (tertiary/aromatic N) is 2. The monoisotopic (exact) mass is 335 g/mol. The number of aliphatic imine (C=N–C) groups is 1. The molecule has 1 aromatic rings. The Bertz CT molecular complexity index is 574. The average Bonchev–Trinajstić information content (AvgIpc) is 2.87. The maximum Gasteiger partial charge on any atom is 0.471 e. The number of carbonyl (C=O) groups is 1. The second-order valence-electron chi connectivity index (χ2n) is 5.15. The second kappa shape index (κ2) is 6.11. The number of halogens is 3. The van der Waals surface area contributed by atoms with Gasteiger partial charge in [0.1, 0.15) is 0 Å². The van der Waals surface area contributed by atoms with Gasteiger partial charge >= 0.3 is 12.1 Å². The smallest absolute Gasteiger partial charge is 0.370 e. The molecule has 0 aliphatic heterocycles. The third kappa shape index (κ3) is 3.67. The number of carbonyl (C=O) groups excluding carboxylic acids is 1. The van der Waals surface area contributed by atoms with Crippen LogP contribution in [0.1, 0.15) is 37.8 Å². The van der Waals surface area contributed by atoms with Crippen LogP contribution >= 0.6 is 11.3 Å². The van der Waals surface area contributed by atoms with Crippen LogP contribution in [0, 0.1) is 0 Å². The zero-order chi connectivity index (χ0) is 16.4. The normalized spacial score (nSPS) is 17.8. The van der Waals surface area contributed by atoms with Crippen LogP contribution < -0.4 is 16.8 Å². The van der Waals surface area contributed by atoms with Crippen LogP contribution in [0.15, 0.2) is 10.4 Å². The highest BCUT2D eigenvalue weighted by Gasteiger charge is 2.46. The molecule has 6 nitrogen and oxygen atoms in total. The molecule has 1 aliphatic carbocycles. The topological polar surface area (TPSA) is 106 Å². The Balaban J connectivity index is 2.31. The first-order valence-corrected chi connectivity index (χ1v) is 7.56. The van der Waals surface area contributed by atoms with Crippen molar-refractivity contribution in [2.45, 2.75) is 43.8 Å². The van der Waals surface area contributed by atoms with Gasteiger partial charge in [-0.05, 0) is 12.8 Å². The van der Waals surface area contributed by atoms with E-state index in [1.54, 1.807) is 5.38 Å². The van der Waals surface area contributed by atoms with Crippen LogP contribution in [0.5, 0.6) is 0 Å². The van der Waals surface area contributed by atoms with Gasteiger partial charge in [0.05, 0.1) is 11.2 Å². The molecule has 0 radical (unpaired) electrons. The zero-order valence-corrected chi connectivity index (χ0v) is 12.4. The van der Waals surface area contributed by atoms with Gasteiger partial charge in [-0.15, -0.1) is 11.3 Å². The highest BCUT2D eigenvalue weighted by Crippen LogP contribution is 2.39. The molecule has 2 rings (SSSR count). The van der Waals surface area contributed by atoms with E-state index in [0.29, 0.717) is 31.4 Å². The van der Waals surface area contributed by atoms with Crippen molar-refractivity contribution in [2.75, 3.05) is 0 Å². The highest BCUT2D eigenvalue weighted by molar-refractivity contribution is 7.13. The molecule has 10 heteroatoms. The summed E-state index contributed by atoms with van der Waals surface area (Å²) in [6.45, 7) is 0. The van der Waals surface area contributed by atoms with Crippen LogP contribution in [-0.4, -0.2) is 23.0 Å². The lowest BCUT2D eigenvalue weighted by atomic mass is 9.79. The van der Waals surface area contributed by atoms with Gasteiger partial charge in [0.2, 0.25) is 5.13 Å². The van der Waals surface area contributed by atoms with Crippen molar-refractivity contribution in [3.8, 4) is 0 Å². The molecule has 0 saturated heterocycles. The molecule has 22 heavy (non-hydrogen) atoms. The Hall–Kier alpha value is -1.84. The van der Waals surface area contributed by atoms with Crippen LogP contribution in [-0.2, 0) is 10.3 Å². The van der Waals surface area contributed by atoms with E-state index in [4.69, 9.17) is 11.5 Å².